The number of carbonyl (C=O) groups is 4. The molecule has 1 aromatic rings. The average Bonchev–Trinajstić information content (AvgIpc) is 3.36. The summed E-state index contributed by atoms with van der Waals surface area (Å²) < 4.78 is 0. The highest BCUT2D eigenvalue weighted by molar-refractivity contribution is 6.68. The zero-order valence-electron chi connectivity index (χ0n) is 23.8. The number of benzene rings is 1. The molecule has 11 heteroatoms. The number of aliphatic hydroxyl groups excluding tert-OH is 2. The Bertz CT molecular complexity index is 1510. The minimum atomic E-state index is -2.71. The van der Waals surface area contributed by atoms with Gasteiger partial charge in [0.2, 0.25) is 11.7 Å². The van der Waals surface area contributed by atoms with E-state index >= 15 is 0 Å². The van der Waals surface area contributed by atoms with Crippen LogP contribution in [0.1, 0.15) is 48.4 Å². The highest BCUT2D eigenvalue weighted by atomic mass is 35.5. The largest absolute Gasteiger partial charge is 0.507 e. The van der Waals surface area contributed by atoms with Gasteiger partial charge in [0.1, 0.15) is 17.4 Å². The monoisotopic (exact) mass is 598 g/mol. The molecule has 2 unspecified atom stereocenters. The first-order valence-electron chi connectivity index (χ1n) is 14.0. The number of nitrogens with two attached hydrogens (primary N) is 1. The molecule has 0 aliphatic heterocycles. The summed E-state index contributed by atoms with van der Waals surface area (Å²) >= 11 is 5.61. The number of allylic oxidation sites excluding steroid dienone is 4. The smallest absolute Gasteiger partial charge is 0.252 e. The molecule has 4 aliphatic carbocycles. The molecule has 10 nitrogen and oxygen atoms in total. The first-order chi connectivity index (χ1) is 19.6. The van der Waals surface area contributed by atoms with E-state index in [0.29, 0.717) is 16.7 Å². The number of hydrogen-bond donors (Lipinski definition) is 5. The number of rotatable bonds is 6. The van der Waals surface area contributed by atoms with Crippen molar-refractivity contribution in [3.8, 4) is 5.75 Å². The van der Waals surface area contributed by atoms with Crippen LogP contribution in [0.15, 0.2) is 35.4 Å². The van der Waals surface area contributed by atoms with Crippen molar-refractivity contribution in [2.24, 2.45) is 29.4 Å². The average molecular weight is 599 g/mol. The quantitative estimate of drug-likeness (QED) is 0.240. The van der Waals surface area contributed by atoms with Crippen molar-refractivity contribution in [2.45, 2.75) is 56.8 Å². The topological polar surface area (TPSA) is 178 Å². The number of aliphatic hydroxyl groups is 3. The van der Waals surface area contributed by atoms with Crippen LogP contribution in [0.3, 0.4) is 0 Å². The Balaban J connectivity index is 1.65. The van der Waals surface area contributed by atoms with E-state index in [0.717, 1.165) is 5.56 Å². The summed E-state index contributed by atoms with van der Waals surface area (Å²) in [6, 6.07) is 0.922. The maximum atomic E-state index is 14.1. The fraction of sp³-hybridized carbons (Fsp3) is 0.484. The summed E-state index contributed by atoms with van der Waals surface area (Å²) in [5.41, 5.74) is 4.95. The third-order valence-corrected chi connectivity index (χ3v) is 9.64. The van der Waals surface area contributed by atoms with E-state index < -0.39 is 64.0 Å². The Morgan fingerprint density at radius 3 is 2.43 bits per heavy atom. The maximum Gasteiger partial charge on any atom is 0.252 e. The molecule has 0 saturated heterocycles. The van der Waals surface area contributed by atoms with Gasteiger partial charge in [-0.05, 0) is 73.5 Å². The summed E-state index contributed by atoms with van der Waals surface area (Å²) in [6.45, 7) is 3.94. The third kappa shape index (κ3) is 4.35. The van der Waals surface area contributed by atoms with Gasteiger partial charge in [0.25, 0.3) is 5.24 Å². The number of aromatic hydroxyl groups is 1. The molecule has 0 bridgehead atoms. The van der Waals surface area contributed by atoms with E-state index in [4.69, 9.17) is 17.3 Å². The molecular weight excluding hydrogens is 564 g/mol. The number of carbonyl (C=O) groups excluding carboxylic acids is 4. The number of hydrogen-bond acceptors (Lipinski definition) is 9. The van der Waals surface area contributed by atoms with E-state index in [1.54, 1.807) is 37.2 Å². The van der Waals surface area contributed by atoms with Gasteiger partial charge in [0.05, 0.1) is 11.7 Å². The van der Waals surface area contributed by atoms with Crippen LogP contribution in [0.4, 0.5) is 0 Å². The van der Waals surface area contributed by atoms with Crippen LogP contribution in [0.25, 0.3) is 5.76 Å². The van der Waals surface area contributed by atoms with Crippen LogP contribution < -0.4 is 5.73 Å². The molecule has 2 fully saturated rings. The van der Waals surface area contributed by atoms with E-state index in [1.807, 2.05) is 19.9 Å². The molecule has 0 spiro atoms. The molecule has 2 saturated carbocycles. The lowest BCUT2D eigenvalue weighted by Crippen LogP contribution is -2.73. The number of primary amides is 1. The van der Waals surface area contributed by atoms with Gasteiger partial charge in [-0.3, -0.25) is 19.2 Å². The van der Waals surface area contributed by atoms with Crippen molar-refractivity contribution in [3.05, 3.63) is 57.7 Å². The van der Waals surface area contributed by atoms with Crippen molar-refractivity contribution in [3.63, 3.8) is 0 Å². The second-order valence-corrected chi connectivity index (χ2v) is 12.7. The molecule has 7 atom stereocenters. The molecule has 0 aromatic heterocycles. The molecular formula is C31H35ClN2O8. The summed E-state index contributed by atoms with van der Waals surface area (Å²) in [6.07, 6.45) is 4.14. The molecule has 1 amide bonds. The molecule has 0 heterocycles. The van der Waals surface area contributed by atoms with E-state index in [1.165, 1.54) is 0 Å². The number of nitrogens with zero attached hydrogens (tertiary/aromatic N) is 1. The second kappa shape index (κ2) is 10.4. The molecule has 0 radical (unpaired) electrons. The zero-order chi connectivity index (χ0) is 31.0. The van der Waals surface area contributed by atoms with Crippen molar-refractivity contribution < 1.29 is 39.6 Å². The second-order valence-electron chi connectivity index (χ2n) is 12.4. The normalized spacial score (nSPS) is 32.2. The highest BCUT2D eigenvalue weighted by Gasteiger charge is 2.67. The van der Waals surface area contributed by atoms with Gasteiger partial charge >= 0.3 is 0 Å². The molecule has 4 aliphatic rings. The lowest BCUT2D eigenvalue weighted by Gasteiger charge is -2.53. The van der Waals surface area contributed by atoms with Gasteiger partial charge in [-0.1, -0.05) is 38.1 Å². The van der Waals surface area contributed by atoms with Gasteiger partial charge in [-0.2, -0.15) is 0 Å². The minimum Gasteiger partial charge on any atom is -0.507 e. The van der Waals surface area contributed by atoms with Crippen LogP contribution >= 0.6 is 11.6 Å². The van der Waals surface area contributed by atoms with Gasteiger partial charge in [-0.25, -0.2) is 0 Å². The van der Waals surface area contributed by atoms with Gasteiger partial charge < -0.3 is 31.1 Å². The van der Waals surface area contributed by atoms with Crippen LogP contribution in [-0.4, -0.2) is 79.9 Å². The number of ketones is 2. The third-order valence-electron chi connectivity index (χ3n) is 9.42. The first-order valence-corrected chi connectivity index (χ1v) is 14.3. The molecule has 42 heavy (non-hydrogen) atoms. The SMILES string of the molecule is CC(C)c1cc(CC2C=CC(C(=O)Cl)=C2)c(O)c2c1C[C@H]1C[C@H]3[C@H](N(C)C)[C@@H](O)C(C(N)=O)C(=O)[C@@]3(O)C(=O)C1=C2O. The zero-order valence-corrected chi connectivity index (χ0v) is 24.6. The van der Waals surface area contributed by atoms with Gasteiger partial charge in [0.15, 0.2) is 11.4 Å². The Morgan fingerprint density at radius 2 is 1.88 bits per heavy atom. The Morgan fingerprint density at radius 1 is 1.21 bits per heavy atom. The Kier molecular flexibility index (Phi) is 7.50. The van der Waals surface area contributed by atoms with E-state index in [2.05, 4.69) is 0 Å². The molecule has 1 aromatic carbocycles. The number of Topliss-reactive ketones (excluding diaryl/α,β-unsaturated/α-hetero) is 2. The number of phenols is 1. The Labute approximate surface area is 248 Å². The lowest BCUT2D eigenvalue weighted by atomic mass is 9.54. The maximum absolute atomic E-state index is 14.1. The lowest BCUT2D eigenvalue weighted by molar-refractivity contribution is -0.184. The van der Waals surface area contributed by atoms with Gasteiger partial charge in [0, 0.05) is 29.0 Å². The van der Waals surface area contributed by atoms with E-state index in [-0.39, 0.29) is 48.0 Å². The molecule has 6 N–H and O–H groups in total. The predicted octanol–water partition coefficient (Wildman–Crippen LogP) is 1.67. The number of likely N-dealkylation sites (N-methyl/N-ethyl adjacent to an activating group) is 1. The van der Waals surface area contributed by atoms with Crippen molar-refractivity contribution in [2.75, 3.05) is 14.1 Å². The predicted molar refractivity (Wildman–Crippen MR) is 153 cm³/mol. The summed E-state index contributed by atoms with van der Waals surface area (Å²) in [4.78, 5) is 53.0. The molecule has 224 valence electrons. The fourth-order valence-corrected chi connectivity index (χ4v) is 7.64. The fourth-order valence-electron chi connectivity index (χ4n) is 7.51. The van der Waals surface area contributed by atoms with Crippen LogP contribution in [0, 0.1) is 23.7 Å². The van der Waals surface area contributed by atoms with Crippen LogP contribution in [0.2, 0.25) is 0 Å². The summed E-state index contributed by atoms with van der Waals surface area (Å²) in [5, 5.41) is 45.3. The summed E-state index contributed by atoms with van der Waals surface area (Å²) in [7, 11) is 3.23. The highest BCUT2D eigenvalue weighted by Crippen LogP contribution is 2.53. The Hall–Kier alpha value is -3.31. The van der Waals surface area contributed by atoms with E-state index in [9.17, 15) is 39.6 Å². The van der Waals surface area contributed by atoms with Crippen molar-refractivity contribution in [1.82, 2.24) is 4.90 Å². The van der Waals surface area contributed by atoms with Crippen molar-refractivity contribution in [1.29, 1.82) is 0 Å². The van der Waals surface area contributed by atoms with Crippen LogP contribution in [-0.2, 0) is 32.0 Å². The minimum absolute atomic E-state index is 0.0257. The number of fused-ring (bicyclic) bond motifs is 3. The molecule has 5 rings (SSSR count). The van der Waals surface area contributed by atoms with Crippen molar-refractivity contribution >= 4 is 40.1 Å². The van der Waals surface area contributed by atoms with Crippen LogP contribution in [0.5, 0.6) is 5.75 Å². The number of amides is 1. The number of halogens is 1. The first kappa shape index (κ1) is 30.2. The standard InChI is InChI=1S/C31H35ClN2O8/c1-12(2)17-10-16(8-13-5-6-14(7-13)29(32)40)24(35)21-18(17)9-15-11-19-23(34(3)4)26(37)22(30(33)41)28(39)31(19,42)27(38)20(15)25(21)36/h5-7,10,12-13,15,19,22-23,26,35-37,42H,8-9,11H2,1-4H3,(H2,33,41)/t13?,15-,19-,22?,23-,26-,31-/m0/s1. The van der Waals surface area contributed by atoms with Gasteiger partial charge in [-0.15, -0.1) is 0 Å². The number of phenolic OH excluding ortho intramolecular Hbond substituents is 1. The summed E-state index contributed by atoms with van der Waals surface area (Å²) in [5.74, 6) is -7.94.